The molecule has 10 aromatic rings. The van der Waals surface area contributed by atoms with Gasteiger partial charge in [-0.3, -0.25) is 0 Å². The van der Waals surface area contributed by atoms with Crippen LogP contribution >= 0.6 is 0 Å². The zero-order valence-electron chi connectivity index (χ0n) is 28.4. The summed E-state index contributed by atoms with van der Waals surface area (Å²) in [7, 11) is 0. The third-order valence-corrected chi connectivity index (χ3v) is 10.3. The first kappa shape index (κ1) is 30.0. The maximum Gasteiger partial charge on any atom is 0.136 e. The first-order chi connectivity index (χ1) is 25.8. The smallest absolute Gasteiger partial charge is 0.136 e. The Morgan fingerprint density at radius 1 is 0.308 bits per heavy atom. The fourth-order valence-corrected chi connectivity index (χ4v) is 7.78. The van der Waals surface area contributed by atoms with Gasteiger partial charge in [0.15, 0.2) is 0 Å². The second-order valence-corrected chi connectivity index (χ2v) is 13.3. The Bertz CT molecular complexity index is 2880. The van der Waals surface area contributed by atoms with Crippen LogP contribution in [0.1, 0.15) is 0 Å². The molecule has 0 aliphatic heterocycles. The van der Waals surface area contributed by atoms with Crippen molar-refractivity contribution in [1.29, 1.82) is 0 Å². The number of nitrogens with zero attached hydrogens (tertiary/aromatic N) is 1. The molecule has 0 radical (unpaired) electrons. The van der Waals surface area contributed by atoms with Crippen LogP contribution in [0.25, 0.3) is 76.9 Å². The Balaban J connectivity index is 1.13. The predicted molar refractivity (Wildman–Crippen MR) is 220 cm³/mol. The summed E-state index contributed by atoms with van der Waals surface area (Å²) in [6.45, 7) is 0. The van der Waals surface area contributed by atoms with Gasteiger partial charge in [-0.2, -0.15) is 0 Å². The Morgan fingerprint density at radius 3 is 1.77 bits per heavy atom. The number of furan rings is 1. The molecule has 0 aliphatic rings. The minimum absolute atomic E-state index is 0.912. The highest BCUT2D eigenvalue weighted by molar-refractivity contribution is 6.19. The summed E-state index contributed by atoms with van der Waals surface area (Å²) in [5.41, 5.74) is 12.3. The lowest BCUT2D eigenvalue weighted by Crippen LogP contribution is -2.10. The van der Waals surface area contributed by atoms with Crippen LogP contribution in [-0.4, -0.2) is 0 Å². The molecule has 9 aromatic carbocycles. The van der Waals surface area contributed by atoms with Crippen LogP contribution in [0.2, 0.25) is 0 Å². The Hall–Kier alpha value is -6.90. The lowest BCUT2D eigenvalue weighted by Gasteiger charge is -2.27. The SMILES string of the molecule is c1ccc(-c2cc(N(c3ccccc3)c3ccc(-c4cccc5ccccc45)cc3)ccc2-c2ccc3ccc4oc5ccccc5c4c3c2)cc1. The topological polar surface area (TPSA) is 16.4 Å². The fourth-order valence-electron chi connectivity index (χ4n) is 7.78. The van der Waals surface area contributed by atoms with Gasteiger partial charge in [0.05, 0.1) is 0 Å². The Morgan fingerprint density at radius 2 is 0.923 bits per heavy atom. The van der Waals surface area contributed by atoms with Gasteiger partial charge in [0.1, 0.15) is 11.2 Å². The monoisotopic (exact) mass is 663 g/mol. The van der Waals surface area contributed by atoms with Crippen molar-refractivity contribution in [3.63, 3.8) is 0 Å². The molecule has 52 heavy (non-hydrogen) atoms. The summed E-state index contributed by atoms with van der Waals surface area (Å²) in [6.07, 6.45) is 0. The number of hydrogen-bond donors (Lipinski definition) is 0. The van der Waals surface area contributed by atoms with Gasteiger partial charge in [0, 0.05) is 27.8 Å². The molecule has 2 nitrogen and oxygen atoms in total. The molecule has 1 aromatic heterocycles. The number of fused-ring (bicyclic) bond motifs is 6. The molecule has 1 heterocycles. The van der Waals surface area contributed by atoms with Crippen LogP contribution in [-0.2, 0) is 0 Å². The van der Waals surface area contributed by atoms with E-state index in [0.717, 1.165) is 39.0 Å². The summed E-state index contributed by atoms with van der Waals surface area (Å²) >= 11 is 0. The maximum absolute atomic E-state index is 6.27. The van der Waals surface area contributed by atoms with Crippen molar-refractivity contribution in [2.24, 2.45) is 0 Å². The highest BCUT2D eigenvalue weighted by atomic mass is 16.3. The van der Waals surface area contributed by atoms with Crippen LogP contribution in [0.4, 0.5) is 17.1 Å². The minimum atomic E-state index is 0.912. The fraction of sp³-hybridized carbons (Fsp3) is 0. The molecule has 244 valence electrons. The molecule has 0 spiro atoms. The van der Waals surface area contributed by atoms with Crippen LogP contribution in [0.15, 0.2) is 205 Å². The van der Waals surface area contributed by atoms with Crippen molar-refractivity contribution in [1.82, 2.24) is 0 Å². The van der Waals surface area contributed by atoms with E-state index in [2.05, 4.69) is 193 Å². The second kappa shape index (κ2) is 12.5. The van der Waals surface area contributed by atoms with Crippen LogP contribution < -0.4 is 4.90 Å². The zero-order chi connectivity index (χ0) is 34.4. The van der Waals surface area contributed by atoms with Crippen LogP contribution in [0, 0.1) is 0 Å². The van der Waals surface area contributed by atoms with Crippen molar-refractivity contribution in [3.05, 3.63) is 200 Å². The van der Waals surface area contributed by atoms with E-state index in [-0.39, 0.29) is 0 Å². The van der Waals surface area contributed by atoms with E-state index in [0.29, 0.717) is 0 Å². The summed E-state index contributed by atoms with van der Waals surface area (Å²) in [4.78, 5) is 2.35. The number of anilines is 3. The molecule has 0 amide bonds. The Kier molecular flexibility index (Phi) is 7.18. The molecule has 0 fully saturated rings. The molecule has 0 bridgehead atoms. The number of rotatable bonds is 6. The summed E-state index contributed by atoms with van der Waals surface area (Å²) < 4.78 is 6.27. The maximum atomic E-state index is 6.27. The lowest BCUT2D eigenvalue weighted by atomic mass is 9.91. The molecule has 0 saturated heterocycles. The van der Waals surface area contributed by atoms with Crippen molar-refractivity contribution in [2.75, 3.05) is 4.90 Å². The molecule has 2 heteroatoms. The van der Waals surface area contributed by atoms with Gasteiger partial charge in [0.2, 0.25) is 0 Å². The van der Waals surface area contributed by atoms with Crippen LogP contribution in [0.3, 0.4) is 0 Å². The van der Waals surface area contributed by atoms with Crippen molar-refractivity contribution >= 4 is 60.5 Å². The Labute approximate surface area is 302 Å². The lowest BCUT2D eigenvalue weighted by molar-refractivity contribution is 0.669. The van der Waals surface area contributed by atoms with Gasteiger partial charge in [0.25, 0.3) is 0 Å². The molecular formula is C50H33NO. The second-order valence-electron chi connectivity index (χ2n) is 13.3. The predicted octanol–water partition coefficient (Wildman–Crippen LogP) is 14.4. The molecule has 0 N–H and O–H groups in total. The standard InChI is InChI=1S/C50H33NO/c1-3-12-35(13-4-1)46-33-41(29-30-44(46)38-23-22-37-26-31-49-50(47(37)32-38)45-19-9-10-21-48(45)52-49)51(39-16-5-2-6-17-39)40-27-24-36(25-28-40)43-20-11-15-34-14-7-8-18-42(34)43/h1-33H. The third kappa shape index (κ3) is 5.12. The molecule has 0 unspecified atom stereocenters. The van der Waals surface area contributed by atoms with E-state index >= 15 is 0 Å². The molecule has 10 rings (SSSR count). The van der Waals surface area contributed by atoms with Gasteiger partial charge >= 0.3 is 0 Å². The first-order valence-electron chi connectivity index (χ1n) is 17.8. The van der Waals surface area contributed by atoms with Gasteiger partial charge in [-0.15, -0.1) is 0 Å². The first-order valence-corrected chi connectivity index (χ1v) is 17.8. The summed E-state index contributed by atoms with van der Waals surface area (Å²) in [6, 6.07) is 71.8. The van der Waals surface area contributed by atoms with Gasteiger partial charge in [-0.1, -0.05) is 146 Å². The normalized spacial score (nSPS) is 11.5. The number of para-hydroxylation sites is 2. The van der Waals surface area contributed by atoms with E-state index in [4.69, 9.17) is 4.42 Å². The quantitative estimate of drug-likeness (QED) is 0.176. The van der Waals surface area contributed by atoms with Crippen molar-refractivity contribution in [2.45, 2.75) is 0 Å². The number of benzene rings is 9. The zero-order valence-corrected chi connectivity index (χ0v) is 28.4. The van der Waals surface area contributed by atoms with Crippen molar-refractivity contribution in [3.8, 4) is 33.4 Å². The number of hydrogen-bond acceptors (Lipinski definition) is 2. The van der Waals surface area contributed by atoms with Gasteiger partial charge < -0.3 is 9.32 Å². The van der Waals surface area contributed by atoms with Gasteiger partial charge in [-0.05, 0) is 110 Å². The van der Waals surface area contributed by atoms with Crippen LogP contribution in [0.5, 0.6) is 0 Å². The highest BCUT2D eigenvalue weighted by Crippen LogP contribution is 2.43. The molecular weight excluding hydrogens is 631 g/mol. The van der Waals surface area contributed by atoms with E-state index in [1.807, 2.05) is 12.1 Å². The van der Waals surface area contributed by atoms with E-state index in [1.165, 1.54) is 54.9 Å². The van der Waals surface area contributed by atoms with Gasteiger partial charge in [-0.25, -0.2) is 0 Å². The highest BCUT2D eigenvalue weighted by Gasteiger charge is 2.18. The largest absolute Gasteiger partial charge is 0.456 e. The van der Waals surface area contributed by atoms with Crippen molar-refractivity contribution < 1.29 is 4.42 Å². The summed E-state index contributed by atoms with van der Waals surface area (Å²) in [5.74, 6) is 0. The average molecular weight is 664 g/mol. The molecule has 0 aliphatic carbocycles. The third-order valence-electron chi connectivity index (χ3n) is 10.3. The molecule has 0 saturated carbocycles. The summed E-state index contributed by atoms with van der Waals surface area (Å²) in [5, 5.41) is 7.20. The average Bonchev–Trinajstić information content (AvgIpc) is 3.61. The minimum Gasteiger partial charge on any atom is -0.456 e. The molecule has 0 atom stereocenters. The van der Waals surface area contributed by atoms with E-state index in [1.54, 1.807) is 0 Å². The van der Waals surface area contributed by atoms with E-state index in [9.17, 15) is 0 Å². The van der Waals surface area contributed by atoms with E-state index < -0.39 is 0 Å².